The summed E-state index contributed by atoms with van der Waals surface area (Å²) in [5.74, 6) is 0.716. The number of rotatable bonds is 2. The number of ketones is 1. The van der Waals surface area contributed by atoms with Crippen LogP contribution in [0.5, 0.6) is 0 Å². The summed E-state index contributed by atoms with van der Waals surface area (Å²) in [5, 5.41) is 0. The molecule has 2 heterocycles. The first-order chi connectivity index (χ1) is 10.0. The van der Waals surface area contributed by atoms with Gasteiger partial charge in [0.05, 0.1) is 15.0 Å². The fraction of sp³-hybridized carbons (Fsp3) is 0.294. The van der Waals surface area contributed by atoms with Crippen molar-refractivity contribution in [3.63, 3.8) is 0 Å². The Kier molecular flexibility index (Phi) is 4.00. The molecule has 3 rings (SSSR count). The molecule has 108 valence electrons. The van der Waals surface area contributed by atoms with Gasteiger partial charge in [0.25, 0.3) is 0 Å². The number of Topliss-reactive ketones (excluding diaryl/α,β-unsaturated/α-hetero) is 1. The lowest BCUT2D eigenvalue weighted by Gasteiger charge is -2.12. The SMILES string of the molecule is Cc1ccc(C2CC=C(/C=C3/SC(=S)C(C)C3=O)O2)cc1. The highest BCUT2D eigenvalue weighted by molar-refractivity contribution is 8.27. The van der Waals surface area contributed by atoms with Gasteiger partial charge in [0.15, 0.2) is 5.78 Å². The number of ether oxygens (including phenoxy) is 1. The van der Waals surface area contributed by atoms with Gasteiger partial charge in [0.1, 0.15) is 11.9 Å². The molecule has 2 nitrogen and oxygen atoms in total. The molecule has 0 spiro atoms. The van der Waals surface area contributed by atoms with E-state index in [0.717, 1.165) is 16.4 Å². The number of hydrogen-bond donors (Lipinski definition) is 0. The lowest BCUT2D eigenvalue weighted by atomic mass is 10.1. The highest BCUT2D eigenvalue weighted by atomic mass is 32.2. The van der Waals surface area contributed by atoms with E-state index in [4.69, 9.17) is 17.0 Å². The molecule has 0 saturated carbocycles. The van der Waals surface area contributed by atoms with Crippen LogP contribution < -0.4 is 0 Å². The molecule has 2 aliphatic heterocycles. The number of thiocarbonyl (C=S) groups is 1. The van der Waals surface area contributed by atoms with E-state index in [1.165, 1.54) is 22.9 Å². The molecule has 0 bridgehead atoms. The first-order valence-corrected chi connectivity index (χ1v) is 8.18. The van der Waals surface area contributed by atoms with Gasteiger partial charge >= 0.3 is 0 Å². The molecule has 0 radical (unpaired) electrons. The van der Waals surface area contributed by atoms with Crippen molar-refractivity contribution >= 4 is 34.0 Å². The van der Waals surface area contributed by atoms with Gasteiger partial charge in [-0.2, -0.15) is 0 Å². The zero-order valence-electron chi connectivity index (χ0n) is 12.0. The van der Waals surface area contributed by atoms with Crippen LogP contribution in [0, 0.1) is 12.8 Å². The molecule has 2 unspecified atom stereocenters. The smallest absolute Gasteiger partial charge is 0.178 e. The van der Waals surface area contributed by atoms with E-state index in [-0.39, 0.29) is 17.8 Å². The molecule has 1 fully saturated rings. The number of thioether (sulfide) groups is 1. The number of allylic oxidation sites excluding steroid dienone is 2. The monoisotopic (exact) mass is 316 g/mol. The van der Waals surface area contributed by atoms with Crippen molar-refractivity contribution in [2.75, 3.05) is 0 Å². The number of carbonyl (C=O) groups is 1. The Morgan fingerprint density at radius 2 is 2.05 bits per heavy atom. The Morgan fingerprint density at radius 1 is 1.33 bits per heavy atom. The van der Waals surface area contributed by atoms with E-state index in [9.17, 15) is 4.79 Å². The number of carbonyl (C=O) groups excluding carboxylic acids is 1. The van der Waals surface area contributed by atoms with Gasteiger partial charge in [0.2, 0.25) is 0 Å². The fourth-order valence-electron chi connectivity index (χ4n) is 2.36. The number of benzene rings is 1. The third kappa shape index (κ3) is 2.97. The third-order valence-corrected chi connectivity index (χ3v) is 5.43. The van der Waals surface area contributed by atoms with Crippen molar-refractivity contribution in [2.24, 2.45) is 5.92 Å². The van der Waals surface area contributed by atoms with Crippen LogP contribution in [-0.4, -0.2) is 9.98 Å². The molecule has 4 heteroatoms. The summed E-state index contributed by atoms with van der Waals surface area (Å²) in [6, 6.07) is 8.37. The Bertz CT molecular complexity index is 656. The summed E-state index contributed by atoms with van der Waals surface area (Å²) >= 11 is 6.58. The Hall–Kier alpha value is -1.39. The summed E-state index contributed by atoms with van der Waals surface area (Å²) in [4.78, 5) is 12.7. The van der Waals surface area contributed by atoms with Gasteiger partial charge < -0.3 is 4.74 Å². The highest BCUT2D eigenvalue weighted by Gasteiger charge is 2.32. The summed E-state index contributed by atoms with van der Waals surface area (Å²) in [6.45, 7) is 3.93. The molecule has 0 N–H and O–H groups in total. The standard InChI is InChI=1S/C17H16O2S2/c1-10-3-5-12(6-4-10)14-8-7-13(19-14)9-15-16(18)11(2)17(20)21-15/h3-7,9,11,14H,8H2,1-2H3/b15-9+. The lowest BCUT2D eigenvalue weighted by Crippen LogP contribution is -2.07. The van der Waals surface area contributed by atoms with Gasteiger partial charge in [-0.15, -0.1) is 0 Å². The minimum absolute atomic E-state index is 0.0448. The van der Waals surface area contributed by atoms with Crippen LogP contribution in [0.4, 0.5) is 0 Å². The molecule has 2 aliphatic rings. The van der Waals surface area contributed by atoms with Crippen molar-refractivity contribution in [1.29, 1.82) is 0 Å². The van der Waals surface area contributed by atoms with Crippen LogP contribution in [-0.2, 0) is 9.53 Å². The van der Waals surface area contributed by atoms with Crippen LogP contribution in [0.1, 0.15) is 30.6 Å². The quantitative estimate of drug-likeness (QED) is 0.592. The average Bonchev–Trinajstić information content (AvgIpc) is 3.02. The Morgan fingerprint density at radius 3 is 2.67 bits per heavy atom. The van der Waals surface area contributed by atoms with Crippen LogP contribution in [0.3, 0.4) is 0 Å². The number of aryl methyl sites for hydroxylation is 1. The van der Waals surface area contributed by atoms with Crippen LogP contribution in [0.2, 0.25) is 0 Å². The van der Waals surface area contributed by atoms with E-state index in [0.29, 0.717) is 4.91 Å². The minimum Gasteiger partial charge on any atom is -0.486 e. The average molecular weight is 316 g/mol. The van der Waals surface area contributed by atoms with Gasteiger partial charge in [0, 0.05) is 6.42 Å². The predicted molar refractivity (Wildman–Crippen MR) is 90.1 cm³/mol. The fourth-order valence-corrected chi connectivity index (χ4v) is 3.69. The second kappa shape index (κ2) is 5.78. The summed E-state index contributed by atoms with van der Waals surface area (Å²) < 4.78 is 6.69. The molecule has 2 atom stereocenters. The summed E-state index contributed by atoms with van der Waals surface area (Å²) in [5.41, 5.74) is 2.40. The second-order valence-electron chi connectivity index (χ2n) is 5.37. The first-order valence-electron chi connectivity index (χ1n) is 6.95. The maximum Gasteiger partial charge on any atom is 0.178 e. The van der Waals surface area contributed by atoms with Crippen molar-refractivity contribution in [3.8, 4) is 0 Å². The van der Waals surface area contributed by atoms with E-state index in [1.54, 1.807) is 0 Å². The van der Waals surface area contributed by atoms with Gasteiger partial charge in [-0.3, -0.25) is 4.79 Å². The van der Waals surface area contributed by atoms with Crippen molar-refractivity contribution in [1.82, 2.24) is 0 Å². The molecule has 1 saturated heterocycles. The molecule has 0 amide bonds. The van der Waals surface area contributed by atoms with Crippen LogP contribution in [0.25, 0.3) is 0 Å². The van der Waals surface area contributed by atoms with Crippen LogP contribution in [0.15, 0.2) is 47.1 Å². The largest absolute Gasteiger partial charge is 0.486 e. The zero-order valence-corrected chi connectivity index (χ0v) is 13.6. The van der Waals surface area contributed by atoms with Crippen LogP contribution >= 0.6 is 24.0 Å². The number of hydrogen-bond acceptors (Lipinski definition) is 4. The maximum absolute atomic E-state index is 12.0. The zero-order chi connectivity index (χ0) is 15.0. The second-order valence-corrected chi connectivity index (χ2v) is 7.16. The predicted octanol–water partition coefficient (Wildman–Crippen LogP) is 4.50. The van der Waals surface area contributed by atoms with Crippen molar-refractivity contribution in [2.45, 2.75) is 26.4 Å². The van der Waals surface area contributed by atoms with Crippen molar-refractivity contribution in [3.05, 3.63) is 58.2 Å². The topological polar surface area (TPSA) is 26.3 Å². The van der Waals surface area contributed by atoms with Gasteiger partial charge in [-0.05, 0) is 31.6 Å². The van der Waals surface area contributed by atoms with E-state index < -0.39 is 0 Å². The summed E-state index contributed by atoms with van der Waals surface area (Å²) in [6.07, 6.45) is 4.75. The van der Waals surface area contributed by atoms with E-state index in [1.807, 2.05) is 19.1 Å². The molecule has 1 aromatic rings. The van der Waals surface area contributed by atoms with Crippen molar-refractivity contribution < 1.29 is 9.53 Å². The van der Waals surface area contributed by atoms with E-state index in [2.05, 4.69) is 31.2 Å². The van der Waals surface area contributed by atoms with E-state index >= 15 is 0 Å². The molecular formula is C17H16O2S2. The lowest BCUT2D eigenvalue weighted by molar-refractivity contribution is -0.116. The third-order valence-electron chi connectivity index (χ3n) is 3.73. The minimum atomic E-state index is -0.161. The Labute approximate surface area is 134 Å². The summed E-state index contributed by atoms with van der Waals surface area (Å²) in [7, 11) is 0. The molecule has 0 aliphatic carbocycles. The molecular weight excluding hydrogens is 300 g/mol. The first kappa shape index (κ1) is 14.5. The highest BCUT2D eigenvalue weighted by Crippen LogP contribution is 2.38. The van der Waals surface area contributed by atoms with Gasteiger partial charge in [-0.1, -0.05) is 53.8 Å². The molecule has 21 heavy (non-hydrogen) atoms. The normalized spacial score (nSPS) is 27.1. The van der Waals surface area contributed by atoms with Gasteiger partial charge in [-0.25, -0.2) is 0 Å². The Balaban J connectivity index is 1.71. The molecule has 0 aromatic heterocycles. The maximum atomic E-state index is 12.0. The molecule has 1 aromatic carbocycles.